The van der Waals surface area contributed by atoms with Crippen molar-refractivity contribution in [3.63, 3.8) is 0 Å². The zero-order valence-electron chi connectivity index (χ0n) is 14.4. The smallest absolute Gasteiger partial charge is 0.255 e. The SMILES string of the molecule is COc1ccc(C(=O)Nc2ccc(C(=O)NCC(C)C)cc2)cc1Cl. The summed E-state index contributed by atoms with van der Waals surface area (Å²) in [5, 5.41) is 5.99. The molecule has 132 valence electrons. The fourth-order valence-corrected chi connectivity index (χ4v) is 2.37. The topological polar surface area (TPSA) is 67.4 Å². The van der Waals surface area contributed by atoms with Gasteiger partial charge in [0.2, 0.25) is 0 Å². The predicted octanol–water partition coefficient (Wildman–Crippen LogP) is 3.99. The van der Waals surface area contributed by atoms with Crippen LogP contribution in [0.15, 0.2) is 42.5 Å². The number of halogens is 1. The van der Waals surface area contributed by atoms with Crippen LogP contribution in [0, 0.1) is 5.92 Å². The molecule has 2 aromatic carbocycles. The average Bonchev–Trinajstić information content (AvgIpc) is 2.60. The molecule has 0 spiro atoms. The third-order valence-electron chi connectivity index (χ3n) is 3.49. The monoisotopic (exact) mass is 360 g/mol. The first-order valence-corrected chi connectivity index (χ1v) is 8.31. The third-order valence-corrected chi connectivity index (χ3v) is 3.79. The summed E-state index contributed by atoms with van der Waals surface area (Å²) in [4.78, 5) is 24.2. The van der Waals surface area contributed by atoms with Crippen LogP contribution in [-0.4, -0.2) is 25.5 Å². The lowest BCUT2D eigenvalue weighted by Gasteiger charge is -2.09. The lowest BCUT2D eigenvalue weighted by Crippen LogP contribution is -2.27. The van der Waals surface area contributed by atoms with Gasteiger partial charge < -0.3 is 15.4 Å². The molecule has 2 amide bonds. The van der Waals surface area contributed by atoms with Gasteiger partial charge in [0, 0.05) is 23.4 Å². The van der Waals surface area contributed by atoms with Gasteiger partial charge in [0.1, 0.15) is 5.75 Å². The van der Waals surface area contributed by atoms with E-state index in [4.69, 9.17) is 16.3 Å². The molecule has 2 N–H and O–H groups in total. The molecule has 0 fully saturated rings. The number of anilines is 1. The lowest BCUT2D eigenvalue weighted by molar-refractivity contribution is 0.0948. The fraction of sp³-hybridized carbons (Fsp3) is 0.263. The highest BCUT2D eigenvalue weighted by Crippen LogP contribution is 2.25. The highest BCUT2D eigenvalue weighted by molar-refractivity contribution is 6.32. The summed E-state index contributed by atoms with van der Waals surface area (Å²) in [5.74, 6) is 0.476. The van der Waals surface area contributed by atoms with Crippen LogP contribution in [0.2, 0.25) is 5.02 Å². The van der Waals surface area contributed by atoms with E-state index in [1.54, 1.807) is 42.5 Å². The molecule has 0 saturated carbocycles. The Morgan fingerprint density at radius 3 is 2.24 bits per heavy atom. The van der Waals surface area contributed by atoms with Gasteiger partial charge >= 0.3 is 0 Å². The average molecular weight is 361 g/mol. The number of ether oxygens (including phenoxy) is 1. The second-order valence-corrected chi connectivity index (χ2v) is 6.39. The molecule has 0 bridgehead atoms. The summed E-state index contributed by atoms with van der Waals surface area (Å²) in [6.07, 6.45) is 0. The quantitative estimate of drug-likeness (QED) is 0.818. The number of carbonyl (C=O) groups excluding carboxylic acids is 2. The summed E-state index contributed by atoms with van der Waals surface area (Å²) in [7, 11) is 1.51. The summed E-state index contributed by atoms with van der Waals surface area (Å²) in [6, 6.07) is 11.5. The molecule has 0 aliphatic rings. The molecule has 0 aromatic heterocycles. The molecule has 5 nitrogen and oxygen atoms in total. The van der Waals surface area contributed by atoms with Gasteiger partial charge in [-0.1, -0.05) is 25.4 Å². The number of benzene rings is 2. The maximum Gasteiger partial charge on any atom is 0.255 e. The van der Waals surface area contributed by atoms with Crippen LogP contribution >= 0.6 is 11.6 Å². The van der Waals surface area contributed by atoms with E-state index in [2.05, 4.69) is 10.6 Å². The van der Waals surface area contributed by atoms with E-state index in [0.29, 0.717) is 40.0 Å². The van der Waals surface area contributed by atoms with E-state index in [0.717, 1.165) is 0 Å². The van der Waals surface area contributed by atoms with Gasteiger partial charge in [-0.3, -0.25) is 9.59 Å². The van der Waals surface area contributed by atoms with Gasteiger partial charge in [-0.25, -0.2) is 0 Å². The first-order valence-electron chi connectivity index (χ1n) is 7.94. The maximum absolute atomic E-state index is 12.3. The molecular formula is C19H21ClN2O3. The van der Waals surface area contributed by atoms with Crippen LogP contribution in [0.1, 0.15) is 34.6 Å². The van der Waals surface area contributed by atoms with E-state index in [1.807, 2.05) is 13.8 Å². The Balaban J connectivity index is 2.02. The van der Waals surface area contributed by atoms with Crippen LogP contribution in [0.5, 0.6) is 5.75 Å². The Kier molecular flexibility index (Phi) is 6.42. The van der Waals surface area contributed by atoms with Crippen LogP contribution in [0.25, 0.3) is 0 Å². The molecule has 25 heavy (non-hydrogen) atoms. The Morgan fingerprint density at radius 2 is 1.68 bits per heavy atom. The Morgan fingerprint density at radius 1 is 1.04 bits per heavy atom. The Bertz CT molecular complexity index is 758. The first-order chi connectivity index (χ1) is 11.9. The standard InChI is InChI=1S/C19H21ClN2O3/c1-12(2)11-21-18(23)13-4-7-15(8-5-13)22-19(24)14-6-9-17(25-3)16(20)10-14/h4-10,12H,11H2,1-3H3,(H,21,23)(H,22,24). The number of amides is 2. The second-order valence-electron chi connectivity index (χ2n) is 5.98. The highest BCUT2D eigenvalue weighted by atomic mass is 35.5. The minimum absolute atomic E-state index is 0.131. The summed E-state index contributed by atoms with van der Waals surface area (Å²) in [6.45, 7) is 4.68. The van der Waals surface area contributed by atoms with Crippen LogP contribution in [0.3, 0.4) is 0 Å². The fourth-order valence-electron chi connectivity index (χ4n) is 2.11. The number of hydrogen-bond acceptors (Lipinski definition) is 3. The minimum Gasteiger partial charge on any atom is -0.495 e. The minimum atomic E-state index is -0.290. The van der Waals surface area contributed by atoms with Crippen molar-refractivity contribution in [2.75, 3.05) is 19.0 Å². The molecule has 6 heteroatoms. The first kappa shape index (κ1) is 18.8. The molecule has 0 aliphatic carbocycles. The molecule has 0 saturated heterocycles. The van der Waals surface area contributed by atoms with Gasteiger partial charge in [0.15, 0.2) is 0 Å². The van der Waals surface area contributed by atoms with Crippen molar-refractivity contribution in [3.05, 3.63) is 58.6 Å². The van der Waals surface area contributed by atoms with E-state index in [9.17, 15) is 9.59 Å². The molecule has 0 aliphatic heterocycles. The van der Waals surface area contributed by atoms with Crippen molar-refractivity contribution in [2.45, 2.75) is 13.8 Å². The summed E-state index contributed by atoms with van der Waals surface area (Å²) >= 11 is 6.03. The Hall–Kier alpha value is -2.53. The van der Waals surface area contributed by atoms with E-state index in [1.165, 1.54) is 7.11 Å². The van der Waals surface area contributed by atoms with Gasteiger partial charge in [0.25, 0.3) is 11.8 Å². The molecule has 0 radical (unpaired) electrons. The lowest BCUT2D eigenvalue weighted by atomic mass is 10.1. The van der Waals surface area contributed by atoms with Gasteiger partial charge in [-0.05, 0) is 48.4 Å². The maximum atomic E-state index is 12.3. The predicted molar refractivity (Wildman–Crippen MR) is 99.6 cm³/mol. The second kappa shape index (κ2) is 8.53. The van der Waals surface area contributed by atoms with E-state index in [-0.39, 0.29) is 11.8 Å². The largest absolute Gasteiger partial charge is 0.495 e. The van der Waals surface area contributed by atoms with Crippen LogP contribution in [0.4, 0.5) is 5.69 Å². The van der Waals surface area contributed by atoms with Crippen molar-refractivity contribution >= 4 is 29.1 Å². The van der Waals surface area contributed by atoms with Gasteiger partial charge in [-0.15, -0.1) is 0 Å². The zero-order valence-corrected chi connectivity index (χ0v) is 15.2. The molecule has 0 atom stereocenters. The highest BCUT2D eigenvalue weighted by Gasteiger charge is 2.10. The van der Waals surface area contributed by atoms with Crippen molar-refractivity contribution in [1.82, 2.24) is 5.32 Å². The van der Waals surface area contributed by atoms with Crippen molar-refractivity contribution in [2.24, 2.45) is 5.92 Å². The number of nitrogens with one attached hydrogen (secondary N) is 2. The zero-order chi connectivity index (χ0) is 18.4. The third kappa shape index (κ3) is 5.22. The van der Waals surface area contributed by atoms with Crippen molar-refractivity contribution < 1.29 is 14.3 Å². The van der Waals surface area contributed by atoms with E-state index >= 15 is 0 Å². The molecule has 0 unspecified atom stereocenters. The van der Waals surface area contributed by atoms with E-state index < -0.39 is 0 Å². The number of carbonyl (C=O) groups is 2. The molecular weight excluding hydrogens is 340 g/mol. The van der Waals surface area contributed by atoms with Crippen LogP contribution < -0.4 is 15.4 Å². The molecule has 0 heterocycles. The van der Waals surface area contributed by atoms with Crippen molar-refractivity contribution in [3.8, 4) is 5.75 Å². The summed E-state index contributed by atoms with van der Waals surface area (Å²) < 4.78 is 5.07. The summed E-state index contributed by atoms with van der Waals surface area (Å²) in [5.41, 5.74) is 1.56. The van der Waals surface area contributed by atoms with Gasteiger partial charge in [0.05, 0.1) is 12.1 Å². The molecule has 2 aromatic rings. The molecule has 2 rings (SSSR count). The van der Waals surface area contributed by atoms with Crippen molar-refractivity contribution in [1.29, 1.82) is 0 Å². The number of methoxy groups -OCH3 is 1. The van der Waals surface area contributed by atoms with Gasteiger partial charge in [-0.2, -0.15) is 0 Å². The number of hydrogen-bond donors (Lipinski definition) is 2. The Labute approximate surface area is 152 Å². The number of rotatable bonds is 6. The van der Waals surface area contributed by atoms with Crippen LogP contribution in [-0.2, 0) is 0 Å². The normalized spacial score (nSPS) is 10.4.